The maximum atomic E-state index is 14.5. The van der Waals surface area contributed by atoms with Crippen LogP contribution in [0.2, 0.25) is 0 Å². The van der Waals surface area contributed by atoms with Crippen LogP contribution in [0.1, 0.15) is 28.9 Å². The van der Waals surface area contributed by atoms with Crippen LogP contribution in [-0.2, 0) is 13.0 Å². The molecule has 1 aliphatic heterocycles. The van der Waals surface area contributed by atoms with Crippen LogP contribution in [0.25, 0.3) is 16.8 Å². The molecular weight excluding hydrogens is 407 g/mol. The summed E-state index contributed by atoms with van der Waals surface area (Å²) in [6.45, 7) is 2.53. The van der Waals surface area contributed by atoms with E-state index in [0.717, 1.165) is 5.56 Å². The zero-order chi connectivity index (χ0) is 21.5. The number of benzene rings is 1. The molecule has 0 bridgehead atoms. The number of hydrogen-bond acceptors (Lipinski definition) is 5. The van der Waals surface area contributed by atoms with E-state index in [2.05, 4.69) is 20.3 Å². The van der Waals surface area contributed by atoms with Gasteiger partial charge >= 0.3 is 0 Å². The maximum Gasteiger partial charge on any atom is 0.280 e. The Balaban J connectivity index is 1.55. The Hall–Kier alpha value is -3.62. The lowest BCUT2D eigenvalue weighted by molar-refractivity contribution is 0.147. The molecule has 0 spiro atoms. The number of nitrogens with one attached hydrogen (secondary N) is 1. The molecule has 1 aliphatic rings. The first-order chi connectivity index (χ1) is 15.0. The molecule has 4 heterocycles. The molecule has 0 fully saturated rings. The van der Waals surface area contributed by atoms with Crippen LogP contribution in [0.3, 0.4) is 0 Å². The zero-order valence-electron chi connectivity index (χ0n) is 16.6. The van der Waals surface area contributed by atoms with Crippen molar-refractivity contribution < 1.29 is 17.9 Å². The average Bonchev–Trinajstić information content (AvgIpc) is 3.39. The first-order valence-electron chi connectivity index (χ1n) is 9.78. The van der Waals surface area contributed by atoms with Crippen molar-refractivity contribution in [2.75, 3.05) is 11.9 Å². The number of alkyl halides is 2. The number of nitrogens with zero attached hydrogens (tertiary/aromatic N) is 4. The fourth-order valence-electron chi connectivity index (χ4n) is 3.91. The van der Waals surface area contributed by atoms with Crippen LogP contribution in [0.5, 0.6) is 5.75 Å². The number of anilines is 1. The summed E-state index contributed by atoms with van der Waals surface area (Å²) in [5.74, 6) is 0.808. The molecule has 0 saturated heterocycles. The first-order valence-corrected chi connectivity index (χ1v) is 9.78. The van der Waals surface area contributed by atoms with E-state index in [-0.39, 0.29) is 23.6 Å². The largest absolute Gasteiger partial charge is 0.493 e. The second-order valence-corrected chi connectivity index (χ2v) is 7.26. The third kappa shape index (κ3) is 3.35. The minimum absolute atomic E-state index is 0.201. The van der Waals surface area contributed by atoms with Crippen LogP contribution < -0.4 is 10.1 Å². The highest BCUT2D eigenvalue weighted by Gasteiger charge is 2.22. The highest BCUT2D eigenvalue weighted by Crippen LogP contribution is 2.33. The Morgan fingerprint density at radius 2 is 2.06 bits per heavy atom. The van der Waals surface area contributed by atoms with Crippen molar-refractivity contribution in [2.24, 2.45) is 0 Å². The normalized spacial score (nSPS) is 12.9. The van der Waals surface area contributed by atoms with Crippen molar-refractivity contribution in [1.29, 1.82) is 0 Å². The van der Waals surface area contributed by atoms with Gasteiger partial charge in [-0.3, -0.25) is 9.38 Å². The number of rotatable bonds is 5. The monoisotopic (exact) mass is 425 g/mol. The predicted molar refractivity (Wildman–Crippen MR) is 109 cm³/mol. The maximum absolute atomic E-state index is 14.5. The van der Waals surface area contributed by atoms with Gasteiger partial charge in [-0.2, -0.15) is 0 Å². The summed E-state index contributed by atoms with van der Waals surface area (Å²) in [6, 6.07) is 6.20. The van der Waals surface area contributed by atoms with Gasteiger partial charge in [0.05, 0.1) is 12.3 Å². The number of aromatic nitrogens is 4. The molecule has 0 aliphatic carbocycles. The van der Waals surface area contributed by atoms with Crippen LogP contribution in [0, 0.1) is 12.7 Å². The standard InChI is InChI=1S/C22H18F3N5O/c1-12-11-30-21(29-12)16(14-3-2-7-26-19(14)20(24)25)10-28-22(30)27-9-15-13-6-8-31-18(13)5-4-17(15)23/h2-5,7,10-11,20H,6,8-9H2,1H3,(H,27,28). The minimum Gasteiger partial charge on any atom is -0.493 e. The van der Waals surface area contributed by atoms with Gasteiger partial charge in [-0.05, 0) is 25.1 Å². The topological polar surface area (TPSA) is 64.3 Å². The van der Waals surface area contributed by atoms with Gasteiger partial charge in [0, 0.05) is 53.8 Å². The van der Waals surface area contributed by atoms with E-state index in [1.165, 1.54) is 18.5 Å². The molecule has 1 aromatic carbocycles. The number of halogens is 3. The van der Waals surface area contributed by atoms with E-state index in [1.807, 2.05) is 0 Å². The van der Waals surface area contributed by atoms with Gasteiger partial charge in [-0.15, -0.1) is 0 Å². The van der Waals surface area contributed by atoms with Gasteiger partial charge < -0.3 is 10.1 Å². The fourth-order valence-corrected chi connectivity index (χ4v) is 3.91. The third-order valence-corrected chi connectivity index (χ3v) is 5.31. The van der Waals surface area contributed by atoms with E-state index in [4.69, 9.17) is 4.74 Å². The van der Waals surface area contributed by atoms with Crippen LogP contribution in [-0.4, -0.2) is 26.0 Å². The molecule has 6 nitrogen and oxygen atoms in total. The predicted octanol–water partition coefficient (Wildman–Crippen LogP) is 4.72. The van der Waals surface area contributed by atoms with Crippen LogP contribution >= 0.6 is 0 Å². The zero-order valence-corrected chi connectivity index (χ0v) is 16.6. The van der Waals surface area contributed by atoms with Gasteiger partial charge in [0.15, 0.2) is 0 Å². The summed E-state index contributed by atoms with van der Waals surface area (Å²) in [5, 5.41) is 3.16. The van der Waals surface area contributed by atoms with E-state index < -0.39 is 6.43 Å². The molecule has 0 radical (unpaired) electrons. The molecule has 9 heteroatoms. The molecule has 4 aromatic rings. The smallest absolute Gasteiger partial charge is 0.280 e. The number of aryl methyl sites for hydroxylation is 1. The molecule has 3 aromatic heterocycles. The Kier molecular flexibility index (Phi) is 4.72. The molecule has 0 atom stereocenters. The lowest BCUT2D eigenvalue weighted by Crippen LogP contribution is -2.10. The lowest BCUT2D eigenvalue weighted by atomic mass is 10.0. The minimum atomic E-state index is -2.73. The second kappa shape index (κ2) is 7.57. The third-order valence-electron chi connectivity index (χ3n) is 5.31. The summed E-state index contributed by atoms with van der Waals surface area (Å²) < 4.78 is 48.6. The number of ether oxygens (including phenoxy) is 1. The summed E-state index contributed by atoms with van der Waals surface area (Å²) in [6.07, 6.45) is 2.49. The van der Waals surface area contributed by atoms with Gasteiger partial charge in [-0.25, -0.2) is 23.1 Å². The van der Waals surface area contributed by atoms with Crippen molar-refractivity contribution in [3.63, 3.8) is 0 Å². The van der Waals surface area contributed by atoms with E-state index in [0.29, 0.717) is 47.2 Å². The van der Waals surface area contributed by atoms with Gasteiger partial charge in [0.25, 0.3) is 6.43 Å². The summed E-state index contributed by atoms with van der Waals surface area (Å²) in [5.41, 5.74) is 2.93. The summed E-state index contributed by atoms with van der Waals surface area (Å²) in [7, 11) is 0. The van der Waals surface area contributed by atoms with Crippen LogP contribution in [0.15, 0.2) is 42.9 Å². The highest BCUT2D eigenvalue weighted by molar-refractivity contribution is 5.79. The Morgan fingerprint density at radius 3 is 2.90 bits per heavy atom. The molecule has 0 amide bonds. The van der Waals surface area contributed by atoms with Gasteiger partial charge in [0.1, 0.15) is 22.9 Å². The Labute approximate surface area is 175 Å². The van der Waals surface area contributed by atoms with Crippen molar-refractivity contribution in [3.05, 3.63) is 71.2 Å². The molecule has 5 rings (SSSR count). The Bertz CT molecular complexity index is 1290. The number of fused-ring (bicyclic) bond motifs is 2. The fraction of sp³-hybridized carbons (Fsp3) is 0.227. The van der Waals surface area contributed by atoms with Gasteiger partial charge in [0.2, 0.25) is 5.95 Å². The first kappa shape index (κ1) is 19.3. The molecule has 1 N–H and O–H groups in total. The molecular formula is C22H18F3N5O. The molecule has 158 valence electrons. The molecule has 0 saturated carbocycles. The van der Waals surface area contributed by atoms with E-state index >= 15 is 0 Å². The second-order valence-electron chi connectivity index (χ2n) is 7.26. The highest BCUT2D eigenvalue weighted by atomic mass is 19.3. The number of hydrogen-bond donors (Lipinski definition) is 1. The number of pyridine rings is 1. The van der Waals surface area contributed by atoms with Crippen molar-refractivity contribution in [3.8, 4) is 16.9 Å². The average molecular weight is 425 g/mol. The number of imidazole rings is 1. The molecule has 0 unspecified atom stereocenters. The lowest BCUT2D eigenvalue weighted by Gasteiger charge is -2.14. The Morgan fingerprint density at radius 1 is 1.19 bits per heavy atom. The van der Waals surface area contributed by atoms with Crippen molar-refractivity contribution in [2.45, 2.75) is 26.3 Å². The summed E-state index contributed by atoms with van der Waals surface area (Å²) in [4.78, 5) is 12.7. The van der Waals surface area contributed by atoms with Crippen LogP contribution in [0.4, 0.5) is 19.1 Å². The van der Waals surface area contributed by atoms with E-state index in [9.17, 15) is 13.2 Å². The SMILES string of the molecule is Cc1cn2c(NCc3c(F)ccc4c3CCO4)ncc(-c3cccnc3C(F)F)c2n1. The summed E-state index contributed by atoms with van der Waals surface area (Å²) >= 11 is 0. The molecule has 31 heavy (non-hydrogen) atoms. The van der Waals surface area contributed by atoms with Crippen molar-refractivity contribution in [1.82, 2.24) is 19.4 Å². The van der Waals surface area contributed by atoms with Crippen molar-refractivity contribution >= 4 is 11.6 Å². The van der Waals surface area contributed by atoms with E-state index in [1.54, 1.807) is 35.7 Å². The van der Waals surface area contributed by atoms with Gasteiger partial charge in [-0.1, -0.05) is 6.07 Å². The quantitative estimate of drug-likeness (QED) is 0.501.